The van der Waals surface area contributed by atoms with Gasteiger partial charge in [-0.05, 0) is 24.1 Å². The summed E-state index contributed by atoms with van der Waals surface area (Å²) in [6.07, 6.45) is 4.74. The second kappa shape index (κ2) is 6.77. The Hall–Kier alpha value is -2.92. The summed E-state index contributed by atoms with van der Waals surface area (Å²) in [5, 5.41) is 0. The van der Waals surface area contributed by atoms with Crippen molar-refractivity contribution < 1.29 is 18.7 Å². The number of nitrogens with zero attached hydrogens (tertiary/aromatic N) is 1. The van der Waals surface area contributed by atoms with Gasteiger partial charge >= 0.3 is 0 Å². The first-order valence-corrected chi connectivity index (χ1v) is 8.60. The number of benzene rings is 1. The number of aromatic nitrogens is 1. The van der Waals surface area contributed by atoms with Gasteiger partial charge in [-0.1, -0.05) is 37.3 Å². The van der Waals surface area contributed by atoms with Crippen LogP contribution in [-0.2, 0) is 23.6 Å². The number of ether oxygens (including phenoxy) is 2. The Morgan fingerprint density at radius 1 is 1.23 bits per heavy atom. The molecule has 0 amide bonds. The van der Waals surface area contributed by atoms with E-state index < -0.39 is 5.60 Å². The Morgan fingerprint density at radius 2 is 2.08 bits per heavy atom. The van der Waals surface area contributed by atoms with Crippen LogP contribution in [0.15, 0.2) is 59.3 Å². The van der Waals surface area contributed by atoms with E-state index in [9.17, 15) is 4.79 Å². The molecular weight excluding hydrogens is 330 g/mol. The van der Waals surface area contributed by atoms with Gasteiger partial charge in [0, 0.05) is 17.3 Å². The third-order valence-electron chi connectivity index (χ3n) is 4.82. The zero-order chi connectivity index (χ0) is 18.0. The number of hydrogen-bond donors (Lipinski definition) is 0. The smallest absolute Gasteiger partial charge is 0.172 e. The van der Waals surface area contributed by atoms with Gasteiger partial charge in [-0.15, -0.1) is 0 Å². The van der Waals surface area contributed by atoms with E-state index in [0.717, 1.165) is 28.7 Å². The molecule has 0 radical (unpaired) electrons. The summed E-state index contributed by atoms with van der Waals surface area (Å²) in [4.78, 5) is 15.8. The molecule has 0 saturated heterocycles. The first-order valence-electron chi connectivity index (χ1n) is 8.60. The van der Waals surface area contributed by atoms with Crippen LogP contribution in [0.2, 0.25) is 0 Å². The summed E-state index contributed by atoms with van der Waals surface area (Å²) < 4.78 is 17.8. The summed E-state index contributed by atoms with van der Waals surface area (Å²) in [7, 11) is 0. The molecule has 0 saturated carbocycles. The predicted molar refractivity (Wildman–Crippen MR) is 95.0 cm³/mol. The molecule has 0 fully saturated rings. The zero-order valence-corrected chi connectivity index (χ0v) is 14.5. The van der Waals surface area contributed by atoms with E-state index in [2.05, 4.69) is 4.98 Å². The monoisotopic (exact) mass is 349 g/mol. The number of furan rings is 1. The summed E-state index contributed by atoms with van der Waals surface area (Å²) in [6.45, 7) is 2.74. The van der Waals surface area contributed by atoms with E-state index in [-0.39, 0.29) is 5.69 Å². The Balaban J connectivity index is 1.75. The number of carbonyl (C=O) groups excluding carboxylic acids is 1. The van der Waals surface area contributed by atoms with Crippen molar-refractivity contribution in [3.8, 4) is 5.75 Å². The molecule has 132 valence electrons. The molecule has 2 aromatic heterocycles. The molecule has 3 aromatic rings. The van der Waals surface area contributed by atoms with Crippen molar-refractivity contribution in [2.45, 2.75) is 32.2 Å². The summed E-state index contributed by atoms with van der Waals surface area (Å²) in [5.41, 5.74) is 2.36. The molecule has 1 aliphatic heterocycles. The van der Waals surface area contributed by atoms with Gasteiger partial charge < -0.3 is 13.9 Å². The Kier molecular flexibility index (Phi) is 4.31. The van der Waals surface area contributed by atoms with Crippen molar-refractivity contribution in [3.63, 3.8) is 0 Å². The molecule has 26 heavy (non-hydrogen) atoms. The van der Waals surface area contributed by atoms with Crippen LogP contribution in [0.3, 0.4) is 0 Å². The number of hydrogen-bond acceptors (Lipinski definition) is 5. The van der Waals surface area contributed by atoms with E-state index in [4.69, 9.17) is 13.9 Å². The zero-order valence-electron chi connectivity index (χ0n) is 14.5. The molecule has 0 aliphatic carbocycles. The fraction of sp³-hybridized carbons (Fsp3) is 0.238. The van der Waals surface area contributed by atoms with Gasteiger partial charge in [0.1, 0.15) is 18.1 Å². The van der Waals surface area contributed by atoms with Crippen LogP contribution in [-0.4, -0.2) is 11.3 Å². The minimum absolute atomic E-state index is 0.287. The van der Waals surface area contributed by atoms with Gasteiger partial charge in [-0.2, -0.15) is 0 Å². The van der Waals surface area contributed by atoms with Gasteiger partial charge in [-0.25, -0.2) is 4.98 Å². The number of pyridine rings is 1. The standard InChI is InChI=1S/C21H19NO4/c1-2-21(19-9-6-10-24-19)17-11-22-18(12-23)20(16(17)14-26-21)25-13-15-7-4-3-5-8-15/h3-12H,2,13-14H2,1H3. The van der Waals surface area contributed by atoms with Crippen LogP contribution in [0.25, 0.3) is 0 Å². The fourth-order valence-corrected chi connectivity index (χ4v) is 3.47. The first kappa shape index (κ1) is 16.5. The molecule has 1 aromatic carbocycles. The number of carbonyl (C=O) groups is 1. The van der Waals surface area contributed by atoms with E-state index in [1.165, 1.54) is 0 Å². The lowest BCUT2D eigenvalue weighted by molar-refractivity contribution is -0.0236. The highest BCUT2D eigenvalue weighted by molar-refractivity contribution is 5.78. The van der Waals surface area contributed by atoms with E-state index in [0.29, 0.717) is 25.4 Å². The average molecular weight is 349 g/mol. The highest BCUT2D eigenvalue weighted by Crippen LogP contribution is 2.47. The molecule has 5 heteroatoms. The normalized spacial score (nSPS) is 18.5. The Labute approximate surface area is 151 Å². The Bertz CT molecular complexity index is 905. The maximum atomic E-state index is 11.5. The highest BCUT2D eigenvalue weighted by Gasteiger charge is 2.45. The minimum atomic E-state index is -0.696. The summed E-state index contributed by atoms with van der Waals surface area (Å²) in [5.74, 6) is 1.22. The predicted octanol–water partition coefficient (Wildman–Crippen LogP) is 4.25. The van der Waals surface area contributed by atoms with Crippen molar-refractivity contribution in [1.82, 2.24) is 4.98 Å². The largest absolute Gasteiger partial charge is 0.486 e. The average Bonchev–Trinajstić information content (AvgIpc) is 3.35. The van der Waals surface area contributed by atoms with Gasteiger partial charge in [-0.3, -0.25) is 4.79 Å². The molecule has 5 nitrogen and oxygen atoms in total. The molecule has 0 N–H and O–H groups in total. The topological polar surface area (TPSA) is 61.6 Å². The maximum absolute atomic E-state index is 11.5. The van der Waals surface area contributed by atoms with Gasteiger partial charge in [0.2, 0.25) is 0 Å². The highest BCUT2D eigenvalue weighted by atomic mass is 16.5. The van der Waals surface area contributed by atoms with E-state index in [1.54, 1.807) is 12.5 Å². The lowest BCUT2D eigenvalue weighted by atomic mass is 9.88. The third-order valence-corrected chi connectivity index (χ3v) is 4.82. The molecular formula is C21H19NO4. The SMILES string of the molecule is CCC1(c2ccco2)OCc2c1cnc(C=O)c2OCc1ccccc1. The summed E-state index contributed by atoms with van der Waals surface area (Å²) >= 11 is 0. The first-order chi connectivity index (χ1) is 12.8. The third kappa shape index (κ3) is 2.61. The van der Waals surface area contributed by atoms with Crippen LogP contribution >= 0.6 is 0 Å². The Morgan fingerprint density at radius 3 is 2.77 bits per heavy atom. The minimum Gasteiger partial charge on any atom is -0.486 e. The van der Waals surface area contributed by atoms with Crippen LogP contribution in [0, 0.1) is 0 Å². The molecule has 1 atom stereocenters. The number of rotatable bonds is 6. The van der Waals surface area contributed by atoms with Gasteiger partial charge in [0.05, 0.1) is 12.9 Å². The van der Waals surface area contributed by atoms with Crippen molar-refractivity contribution in [3.05, 3.63) is 83.1 Å². The lowest BCUT2D eigenvalue weighted by Gasteiger charge is -2.25. The van der Waals surface area contributed by atoms with Gasteiger partial charge in [0.25, 0.3) is 0 Å². The quantitative estimate of drug-likeness (QED) is 0.623. The molecule has 1 unspecified atom stereocenters. The van der Waals surface area contributed by atoms with Crippen LogP contribution in [0.1, 0.15) is 46.3 Å². The van der Waals surface area contributed by atoms with E-state index >= 15 is 0 Å². The van der Waals surface area contributed by atoms with Crippen molar-refractivity contribution in [2.24, 2.45) is 0 Å². The fourth-order valence-electron chi connectivity index (χ4n) is 3.47. The van der Waals surface area contributed by atoms with Crippen molar-refractivity contribution in [2.75, 3.05) is 0 Å². The van der Waals surface area contributed by atoms with Crippen LogP contribution in [0.5, 0.6) is 5.75 Å². The molecule has 4 rings (SSSR count). The van der Waals surface area contributed by atoms with Crippen LogP contribution in [0.4, 0.5) is 0 Å². The number of aldehydes is 1. The number of fused-ring (bicyclic) bond motifs is 1. The maximum Gasteiger partial charge on any atom is 0.172 e. The molecule has 3 heterocycles. The molecule has 0 bridgehead atoms. The lowest BCUT2D eigenvalue weighted by Crippen LogP contribution is -2.25. The second-order valence-electron chi connectivity index (χ2n) is 6.20. The molecule has 1 aliphatic rings. The van der Waals surface area contributed by atoms with E-state index in [1.807, 2.05) is 49.4 Å². The molecule has 0 spiro atoms. The summed E-state index contributed by atoms with van der Waals surface area (Å²) in [6, 6.07) is 13.6. The van der Waals surface area contributed by atoms with Crippen molar-refractivity contribution >= 4 is 6.29 Å². The van der Waals surface area contributed by atoms with Gasteiger partial charge in [0.15, 0.2) is 17.6 Å². The van der Waals surface area contributed by atoms with Crippen LogP contribution < -0.4 is 4.74 Å². The van der Waals surface area contributed by atoms with Crippen molar-refractivity contribution in [1.29, 1.82) is 0 Å². The second-order valence-corrected chi connectivity index (χ2v) is 6.20.